The van der Waals surface area contributed by atoms with Gasteiger partial charge in [0.1, 0.15) is 5.75 Å². The second kappa shape index (κ2) is 7.98. The minimum absolute atomic E-state index is 0.0193. The van der Waals surface area contributed by atoms with Gasteiger partial charge < -0.3 is 14.2 Å². The number of hydrogen-bond donors (Lipinski definition) is 1. The molecule has 14 heteroatoms. The Labute approximate surface area is 172 Å². The molecule has 0 radical (unpaired) electrons. The van der Waals surface area contributed by atoms with Gasteiger partial charge in [-0.1, -0.05) is 0 Å². The van der Waals surface area contributed by atoms with Gasteiger partial charge in [-0.05, 0) is 43.5 Å². The smallest absolute Gasteiger partial charge is 0.432 e. The zero-order valence-electron chi connectivity index (χ0n) is 15.3. The van der Waals surface area contributed by atoms with Crippen LogP contribution < -0.4 is 4.74 Å². The van der Waals surface area contributed by atoms with Gasteiger partial charge in [0.05, 0.1) is 23.7 Å². The van der Waals surface area contributed by atoms with Crippen molar-refractivity contribution in [2.45, 2.75) is 49.0 Å². The van der Waals surface area contributed by atoms with Crippen molar-refractivity contribution in [2.24, 2.45) is 5.92 Å². The molecule has 0 spiro atoms. The van der Waals surface area contributed by atoms with Crippen molar-refractivity contribution >= 4 is 22.1 Å². The second-order valence-electron chi connectivity index (χ2n) is 7.03. The van der Waals surface area contributed by atoms with Crippen molar-refractivity contribution in [1.29, 1.82) is 0 Å². The van der Waals surface area contributed by atoms with Crippen molar-refractivity contribution in [1.82, 2.24) is 0 Å². The summed E-state index contributed by atoms with van der Waals surface area (Å²) >= 11 is 0. The summed E-state index contributed by atoms with van der Waals surface area (Å²) in [7, 11) is -6.54. The first-order chi connectivity index (χ1) is 14.2. The quantitative estimate of drug-likeness (QED) is 0.220. The molecule has 1 N–H and O–H groups in total. The fourth-order valence-corrected chi connectivity index (χ4v) is 3.57. The summed E-state index contributed by atoms with van der Waals surface area (Å²) in [5.41, 5.74) is -0.660. The lowest BCUT2D eigenvalue weighted by molar-refractivity contribution is -0.248. The van der Waals surface area contributed by atoms with Gasteiger partial charge in [-0.15, -0.1) is 0 Å². The van der Waals surface area contributed by atoms with Crippen molar-refractivity contribution in [3.63, 3.8) is 0 Å². The molecule has 4 atom stereocenters. The van der Waals surface area contributed by atoms with Gasteiger partial charge in [-0.3, -0.25) is 9.35 Å². The minimum atomic E-state index is -6.54. The molecule has 2 fully saturated rings. The maximum atomic E-state index is 13.5. The molecule has 1 saturated carbocycles. The van der Waals surface area contributed by atoms with E-state index in [9.17, 15) is 40.0 Å². The number of carbonyl (C=O) groups is 2. The van der Waals surface area contributed by atoms with Crippen LogP contribution in [0.4, 0.5) is 22.0 Å². The molecule has 8 nitrogen and oxygen atoms in total. The molecule has 4 unspecified atom stereocenters. The standard InChI is InChI=1S/C17H15F5O8S/c18-16(19,20)15(17(21,22)31(25,26)27)30-13(23)8-1-4-10(5-2-8)28-14(24)9-3-6-11-12(7-9)29-11/h1-2,4-5,9,11-12,15H,3,6-7H2,(H,25,26,27). The topological polar surface area (TPSA) is 120 Å². The highest BCUT2D eigenvalue weighted by molar-refractivity contribution is 7.86. The molecule has 0 bridgehead atoms. The molecule has 1 heterocycles. The zero-order valence-corrected chi connectivity index (χ0v) is 16.2. The van der Waals surface area contributed by atoms with Crippen LogP contribution in [-0.4, -0.2) is 54.7 Å². The Morgan fingerprint density at radius 1 is 1.06 bits per heavy atom. The van der Waals surface area contributed by atoms with E-state index >= 15 is 0 Å². The van der Waals surface area contributed by atoms with Crippen LogP contribution in [0.2, 0.25) is 0 Å². The Morgan fingerprint density at radius 3 is 2.19 bits per heavy atom. The highest BCUT2D eigenvalue weighted by Crippen LogP contribution is 2.40. The van der Waals surface area contributed by atoms with Gasteiger partial charge in [-0.25, -0.2) is 4.79 Å². The van der Waals surface area contributed by atoms with Crippen molar-refractivity contribution in [3.05, 3.63) is 29.8 Å². The van der Waals surface area contributed by atoms with Crippen molar-refractivity contribution in [3.8, 4) is 5.75 Å². The summed E-state index contributed by atoms with van der Waals surface area (Å²) in [6.07, 6.45) is -8.49. The lowest BCUT2D eigenvalue weighted by Crippen LogP contribution is -2.52. The van der Waals surface area contributed by atoms with Gasteiger partial charge in [0, 0.05) is 0 Å². The van der Waals surface area contributed by atoms with Crippen LogP contribution in [0, 0.1) is 5.92 Å². The van der Waals surface area contributed by atoms with Crippen LogP contribution in [0.3, 0.4) is 0 Å². The van der Waals surface area contributed by atoms with Crippen molar-refractivity contribution in [2.75, 3.05) is 0 Å². The number of benzene rings is 1. The molecule has 0 amide bonds. The largest absolute Gasteiger partial charge is 0.441 e. The van der Waals surface area contributed by atoms with E-state index in [1.807, 2.05) is 0 Å². The number of carbonyl (C=O) groups excluding carboxylic acids is 2. The first-order valence-electron chi connectivity index (χ1n) is 8.80. The maximum absolute atomic E-state index is 13.5. The van der Waals surface area contributed by atoms with Crippen LogP contribution in [0.5, 0.6) is 5.75 Å². The summed E-state index contributed by atoms with van der Waals surface area (Å²) in [6.45, 7) is 0. The lowest BCUT2D eigenvalue weighted by Gasteiger charge is -2.26. The maximum Gasteiger partial charge on any atom is 0.432 e. The molecule has 172 valence electrons. The van der Waals surface area contributed by atoms with E-state index in [4.69, 9.17) is 14.0 Å². The summed E-state index contributed by atoms with van der Waals surface area (Å²) < 4.78 is 109. The first kappa shape index (κ1) is 23.3. The third kappa shape index (κ3) is 5.13. The molecular formula is C17H15F5O8S. The van der Waals surface area contributed by atoms with E-state index in [2.05, 4.69) is 4.74 Å². The molecule has 31 heavy (non-hydrogen) atoms. The van der Waals surface area contributed by atoms with Crippen LogP contribution in [0.1, 0.15) is 29.6 Å². The van der Waals surface area contributed by atoms with Crippen LogP contribution in [0.25, 0.3) is 0 Å². The molecule has 1 aliphatic carbocycles. The third-order valence-corrected chi connectivity index (χ3v) is 5.72. The average Bonchev–Trinajstić information content (AvgIpc) is 3.43. The van der Waals surface area contributed by atoms with Gasteiger partial charge in [-0.2, -0.15) is 30.4 Å². The molecule has 1 aromatic carbocycles. The molecule has 1 aliphatic heterocycles. The number of ether oxygens (including phenoxy) is 3. The Hall–Kier alpha value is -2.32. The highest BCUT2D eigenvalue weighted by atomic mass is 32.2. The molecule has 2 aliphatic rings. The lowest BCUT2D eigenvalue weighted by atomic mass is 9.89. The summed E-state index contributed by atoms with van der Waals surface area (Å²) in [6, 6.07) is 3.73. The first-order valence-corrected chi connectivity index (χ1v) is 10.2. The fraction of sp³-hybridized carbons (Fsp3) is 0.529. The van der Waals surface area contributed by atoms with Gasteiger partial charge in [0.2, 0.25) is 0 Å². The molecule has 1 aromatic rings. The van der Waals surface area contributed by atoms with Gasteiger partial charge in [0.25, 0.3) is 6.10 Å². The Kier molecular flexibility index (Phi) is 6.01. The SMILES string of the molecule is O=C(OC(C(F)(F)F)C(F)(F)S(=O)(=O)O)c1ccc(OC(=O)C2CCC3OC3C2)cc1. The minimum Gasteiger partial charge on any atom is -0.441 e. The third-order valence-electron chi connectivity index (χ3n) is 4.82. The zero-order chi connectivity index (χ0) is 23.2. The van der Waals surface area contributed by atoms with Gasteiger partial charge >= 0.3 is 33.5 Å². The molecule has 0 aromatic heterocycles. The fourth-order valence-electron chi connectivity index (χ4n) is 3.11. The Balaban J connectivity index is 1.66. The van der Waals surface area contributed by atoms with E-state index in [1.54, 1.807) is 0 Å². The molecular weight excluding hydrogens is 459 g/mol. The number of rotatable bonds is 6. The van der Waals surface area contributed by atoms with E-state index < -0.39 is 51.1 Å². The number of fused-ring (bicyclic) bond motifs is 1. The summed E-state index contributed by atoms with van der Waals surface area (Å²) in [4.78, 5) is 24.0. The van der Waals surface area contributed by atoms with E-state index in [0.717, 1.165) is 24.3 Å². The molecule has 3 rings (SSSR count). The normalized spacial score (nSPS) is 24.6. The Morgan fingerprint density at radius 2 is 1.68 bits per heavy atom. The number of epoxide rings is 1. The predicted molar refractivity (Wildman–Crippen MR) is 89.8 cm³/mol. The number of alkyl halides is 5. The second-order valence-corrected chi connectivity index (χ2v) is 8.53. The summed E-state index contributed by atoms with van der Waals surface area (Å²) in [5, 5.41) is -5.83. The monoisotopic (exact) mass is 474 g/mol. The Bertz CT molecular complexity index is 960. The number of esters is 2. The van der Waals surface area contributed by atoms with E-state index in [1.165, 1.54) is 0 Å². The molecule has 1 saturated heterocycles. The summed E-state index contributed by atoms with van der Waals surface area (Å²) in [5.74, 6) is -2.96. The van der Waals surface area contributed by atoms with E-state index in [-0.39, 0.29) is 18.0 Å². The van der Waals surface area contributed by atoms with Crippen LogP contribution >= 0.6 is 0 Å². The number of halogens is 5. The number of hydrogen-bond acceptors (Lipinski definition) is 7. The van der Waals surface area contributed by atoms with Crippen LogP contribution in [-0.2, 0) is 24.4 Å². The van der Waals surface area contributed by atoms with Gasteiger partial charge in [0.15, 0.2) is 0 Å². The van der Waals surface area contributed by atoms with Crippen molar-refractivity contribution < 1.29 is 58.7 Å². The average molecular weight is 474 g/mol. The van der Waals surface area contributed by atoms with Crippen LogP contribution in [0.15, 0.2) is 24.3 Å². The van der Waals surface area contributed by atoms with E-state index in [0.29, 0.717) is 19.3 Å². The predicted octanol–water partition coefficient (Wildman–Crippen LogP) is 2.73. The highest BCUT2D eigenvalue weighted by Gasteiger charge is 2.66.